The third-order valence-corrected chi connectivity index (χ3v) is 5.12. The number of hydrogen-bond donors (Lipinski definition) is 1. The minimum atomic E-state index is -0.0686. The number of fused-ring (bicyclic) bond motifs is 1. The van der Waals surface area contributed by atoms with Gasteiger partial charge in [0.25, 0.3) is 5.56 Å². The van der Waals surface area contributed by atoms with Gasteiger partial charge in [0.15, 0.2) is 0 Å². The lowest BCUT2D eigenvalue weighted by Gasteiger charge is -2.25. The van der Waals surface area contributed by atoms with Crippen LogP contribution in [0, 0.1) is 5.41 Å². The van der Waals surface area contributed by atoms with Crippen LogP contribution in [0.3, 0.4) is 0 Å². The molecule has 0 radical (unpaired) electrons. The molecule has 0 saturated heterocycles. The molecule has 3 rings (SSSR count). The van der Waals surface area contributed by atoms with Crippen LogP contribution in [-0.4, -0.2) is 11.2 Å². The summed E-state index contributed by atoms with van der Waals surface area (Å²) in [6.45, 7) is 10.3. The predicted molar refractivity (Wildman–Crippen MR) is 127 cm³/mol. The standard InChI is InChI=1S/C26H34N2O3/c1-5-6-14-30-24-22-15-20(31-17-19-10-8-7-9-11-19)12-13-21(22)25(29)28(23(24)16-27)18-26(2,3)4/h7-13,15H,5-6,14,16-18,27H2,1-4H3. The van der Waals surface area contributed by atoms with Gasteiger partial charge in [-0.3, -0.25) is 4.79 Å². The van der Waals surface area contributed by atoms with E-state index in [9.17, 15) is 4.79 Å². The zero-order valence-corrected chi connectivity index (χ0v) is 19.1. The van der Waals surface area contributed by atoms with E-state index in [1.165, 1.54) is 0 Å². The molecule has 2 N–H and O–H groups in total. The van der Waals surface area contributed by atoms with Crippen LogP contribution in [0.5, 0.6) is 11.5 Å². The highest BCUT2D eigenvalue weighted by molar-refractivity contribution is 5.89. The number of aromatic nitrogens is 1. The molecule has 166 valence electrons. The fraction of sp³-hybridized carbons (Fsp3) is 0.423. The Hall–Kier alpha value is -2.79. The summed E-state index contributed by atoms with van der Waals surface area (Å²) in [4.78, 5) is 13.4. The molecule has 0 aliphatic carbocycles. The molecule has 0 atom stereocenters. The lowest BCUT2D eigenvalue weighted by Crippen LogP contribution is -2.31. The number of nitrogens with zero attached hydrogens (tertiary/aromatic N) is 1. The van der Waals surface area contributed by atoms with Gasteiger partial charge < -0.3 is 19.8 Å². The minimum absolute atomic E-state index is 0.0391. The molecule has 5 nitrogen and oxygen atoms in total. The molecule has 0 fully saturated rings. The van der Waals surface area contributed by atoms with E-state index in [0.29, 0.717) is 36.6 Å². The maximum Gasteiger partial charge on any atom is 0.258 e. The maximum absolute atomic E-state index is 13.4. The summed E-state index contributed by atoms with van der Waals surface area (Å²) in [6.07, 6.45) is 1.97. The van der Waals surface area contributed by atoms with Gasteiger partial charge in [0, 0.05) is 18.5 Å². The largest absolute Gasteiger partial charge is 0.491 e. The van der Waals surface area contributed by atoms with Crippen LogP contribution < -0.4 is 20.8 Å². The highest BCUT2D eigenvalue weighted by atomic mass is 16.5. The van der Waals surface area contributed by atoms with Crippen molar-refractivity contribution in [3.63, 3.8) is 0 Å². The van der Waals surface area contributed by atoms with E-state index in [1.807, 2.05) is 48.5 Å². The number of pyridine rings is 1. The average molecular weight is 423 g/mol. The zero-order valence-electron chi connectivity index (χ0n) is 19.1. The molecule has 3 aromatic rings. The fourth-order valence-corrected chi connectivity index (χ4v) is 3.60. The van der Waals surface area contributed by atoms with E-state index < -0.39 is 0 Å². The number of hydrogen-bond acceptors (Lipinski definition) is 4. The van der Waals surface area contributed by atoms with Crippen LogP contribution in [0.15, 0.2) is 53.3 Å². The normalized spacial score (nSPS) is 11.6. The summed E-state index contributed by atoms with van der Waals surface area (Å²) in [6, 6.07) is 15.6. The molecule has 2 aromatic carbocycles. The summed E-state index contributed by atoms with van der Waals surface area (Å²) in [5.74, 6) is 1.40. The van der Waals surface area contributed by atoms with Gasteiger partial charge in [-0.25, -0.2) is 0 Å². The van der Waals surface area contributed by atoms with E-state index in [-0.39, 0.29) is 17.5 Å². The van der Waals surface area contributed by atoms with Crippen LogP contribution >= 0.6 is 0 Å². The molecular formula is C26H34N2O3. The third-order valence-electron chi connectivity index (χ3n) is 5.12. The number of unbranched alkanes of at least 4 members (excludes halogenated alkanes) is 1. The number of rotatable bonds is 9. The smallest absolute Gasteiger partial charge is 0.258 e. The van der Waals surface area contributed by atoms with Gasteiger partial charge in [-0.15, -0.1) is 0 Å². The highest BCUT2D eigenvalue weighted by Gasteiger charge is 2.21. The fourth-order valence-electron chi connectivity index (χ4n) is 3.60. The molecular weight excluding hydrogens is 388 g/mol. The second-order valence-corrected chi connectivity index (χ2v) is 9.12. The summed E-state index contributed by atoms with van der Waals surface area (Å²) >= 11 is 0. The number of nitrogens with two attached hydrogens (primary N) is 1. The molecule has 0 aliphatic rings. The van der Waals surface area contributed by atoms with Gasteiger partial charge in [0.05, 0.1) is 17.7 Å². The Morgan fingerprint density at radius 2 is 1.74 bits per heavy atom. The van der Waals surface area contributed by atoms with Crippen LogP contribution in [-0.2, 0) is 19.7 Å². The molecule has 0 aliphatic heterocycles. The monoisotopic (exact) mass is 422 g/mol. The average Bonchev–Trinajstić information content (AvgIpc) is 2.75. The van der Waals surface area contributed by atoms with Crippen LogP contribution in [0.4, 0.5) is 0 Å². The van der Waals surface area contributed by atoms with Crippen molar-refractivity contribution in [2.75, 3.05) is 6.61 Å². The zero-order chi connectivity index (χ0) is 22.4. The van der Waals surface area contributed by atoms with Gasteiger partial charge >= 0.3 is 0 Å². The first-order chi connectivity index (χ1) is 14.8. The first-order valence-corrected chi connectivity index (χ1v) is 11.0. The Morgan fingerprint density at radius 1 is 1.00 bits per heavy atom. The van der Waals surface area contributed by atoms with Gasteiger partial charge in [-0.1, -0.05) is 64.4 Å². The Bertz CT molecular complexity index is 1070. The molecule has 1 heterocycles. The topological polar surface area (TPSA) is 66.5 Å². The maximum atomic E-state index is 13.4. The molecule has 0 bridgehead atoms. The van der Waals surface area contributed by atoms with Crippen molar-refractivity contribution in [1.82, 2.24) is 4.57 Å². The lowest BCUT2D eigenvalue weighted by molar-refractivity contribution is 0.294. The van der Waals surface area contributed by atoms with E-state index in [1.54, 1.807) is 4.57 Å². The Morgan fingerprint density at radius 3 is 2.39 bits per heavy atom. The van der Waals surface area contributed by atoms with Crippen molar-refractivity contribution in [3.8, 4) is 11.5 Å². The lowest BCUT2D eigenvalue weighted by atomic mass is 9.96. The molecule has 1 aromatic heterocycles. The molecule has 5 heteroatoms. The van der Waals surface area contributed by atoms with Crippen LogP contribution in [0.25, 0.3) is 10.8 Å². The summed E-state index contributed by atoms with van der Waals surface area (Å²) in [5.41, 5.74) is 7.86. The second kappa shape index (κ2) is 10.0. The third kappa shape index (κ3) is 5.67. The minimum Gasteiger partial charge on any atom is -0.491 e. The number of benzene rings is 2. The SMILES string of the molecule is CCCCOc1c(CN)n(CC(C)(C)C)c(=O)c2ccc(OCc3ccccc3)cc12. The highest BCUT2D eigenvalue weighted by Crippen LogP contribution is 2.32. The van der Waals surface area contributed by atoms with Gasteiger partial charge in [0.2, 0.25) is 0 Å². The summed E-state index contributed by atoms with van der Waals surface area (Å²) in [5, 5.41) is 1.39. The molecule has 31 heavy (non-hydrogen) atoms. The number of ether oxygens (including phenoxy) is 2. The summed E-state index contributed by atoms with van der Waals surface area (Å²) in [7, 11) is 0. The van der Waals surface area contributed by atoms with Gasteiger partial charge in [0.1, 0.15) is 18.1 Å². The van der Waals surface area contributed by atoms with Crippen LogP contribution in [0.2, 0.25) is 0 Å². The molecule has 0 spiro atoms. The van der Waals surface area contributed by atoms with E-state index >= 15 is 0 Å². The predicted octanol–water partition coefficient (Wildman–Crippen LogP) is 5.26. The van der Waals surface area contributed by atoms with Crippen molar-refractivity contribution in [1.29, 1.82) is 0 Å². The van der Waals surface area contributed by atoms with Crippen molar-refractivity contribution in [3.05, 3.63) is 70.1 Å². The van der Waals surface area contributed by atoms with Crippen LogP contribution in [0.1, 0.15) is 51.8 Å². The Labute approximate surface area is 184 Å². The second-order valence-electron chi connectivity index (χ2n) is 9.12. The van der Waals surface area contributed by atoms with Gasteiger partial charge in [-0.05, 0) is 35.6 Å². The van der Waals surface area contributed by atoms with Crippen molar-refractivity contribution in [2.45, 2.75) is 60.2 Å². The van der Waals surface area contributed by atoms with E-state index in [2.05, 4.69) is 27.7 Å². The van der Waals surface area contributed by atoms with E-state index in [4.69, 9.17) is 15.2 Å². The van der Waals surface area contributed by atoms with Gasteiger partial charge in [-0.2, -0.15) is 0 Å². The Balaban J connectivity index is 2.08. The first-order valence-electron chi connectivity index (χ1n) is 11.0. The van der Waals surface area contributed by atoms with Crippen molar-refractivity contribution in [2.24, 2.45) is 11.1 Å². The molecule has 0 amide bonds. The first kappa shape index (κ1) is 22.9. The van der Waals surface area contributed by atoms with E-state index in [0.717, 1.165) is 29.5 Å². The molecule has 0 unspecified atom stereocenters. The van der Waals surface area contributed by atoms with Crippen molar-refractivity contribution >= 4 is 10.8 Å². The summed E-state index contributed by atoms with van der Waals surface area (Å²) < 4.78 is 14.0. The van der Waals surface area contributed by atoms with Crippen molar-refractivity contribution < 1.29 is 9.47 Å². The Kier molecular flexibility index (Phi) is 7.39. The quantitative estimate of drug-likeness (QED) is 0.478. The molecule has 0 saturated carbocycles.